The fraction of sp³-hybridized carbons (Fsp3) is 0.267. The molecule has 2 aromatic rings. The second-order valence-electron chi connectivity index (χ2n) is 5.56. The van der Waals surface area contributed by atoms with Gasteiger partial charge in [-0.3, -0.25) is 0 Å². The topological polar surface area (TPSA) is 78.2 Å². The van der Waals surface area contributed by atoms with Crippen LogP contribution in [0.25, 0.3) is 10.4 Å². The fourth-order valence-electron chi connectivity index (χ4n) is 2.74. The van der Waals surface area contributed by atoms with Crippen molar-refractivity contribution in [3.63, 3.8) is 0 Å². The minimum Gasteiger partial charge on any atom is -0.382 e. The molecule has 1 N–H and O–H groups in total. The first-order valence-corrected chi connectivity index (χ1v) is 9.38. The Bertz CT molecular complexity index is 990. The molecule has 0 saturated heterocycles. The minimum atomic E-state index is -3.86. The number of sulfone groups is 1. The summed E-state index contributed by atoms with van der Waals surface area (Å²) in [7, 11) is -3.86. The summed E-state index contributed by atoms with van der Waals surface area (Å²) in [6.45, 7) is 0. The van der Waals surface area contributed by atoms with E-state index < -0.39 is 34.1 Å². The molecule has 0 saturated carbocycles. The number of rotatable bonds is 2. The van der Waals surface area contributed by atoms with Crippen LogP contribution < -0.4 is 0 Å². The molecule has 1 aromatic carbocycles. The molecule has 1 heterocycles. The quantitative estimate of drug-likeness (QED) is 0.878. The van der Waals surface area contributed by atoms with E-state index in [9.17, 15) is 26.7 Å². The molecule has 0 spiro atoms. The number of thiophene rings is 1. The Kier molecular flexibility index (Phi) is 3.75. The van der Waals surface area contributed by atoms with Crippen molar-refractivity contribution < 1.29 is 26.7 Å². The molecule has 0 bridgehead atoms. The predicted octanol–water partition coefficient (Wildman–Crippen LogP) is 3.05. The highest BCUT2D eigenvalue weighted by Crippen LogP contribution is 2.53. The van der Waals surface area contributed by atoms with Crippen LogP contribution in [0.1, 0.15) is 22.8 Å². The molecule has 4 nitrogen and oxygen atoms in total. The van der Waals surface area contributed by atoms with Gasteiger partial charge < -0.3 is 5.11 Å². The van der Waals surface area contributed by atoms with Gasteiger partial charge in [0.25, 0.3) is 5.92 Å². The molecule has 1 aliphatic carbocycles. The number of alkyl halides is 2. The van der Waals surface area contributed by atoms with Crippen molar-refractivity contribution in [1.29, 1.82) is 5.26 Å². The maximum atomic E-state index is 13.9. The smallest absolute Gasteiger partial charge is 0.281 e. The summed E-state index contributed by atoms with van der Waals surface area (Å²) in [5, 5.41) is 18.8. The molecule has 9 heteroatoms. The normalized spacial score (nSPS) is 19.1. The van der Waals surface area contributed by atoms with E-state index in [1.165, 1.54) is 6.07 Å². The number of aliphatic hydroxyl groups is 1. The van der Waals surface area contributed by atoms with Gasteiger partial charge in [-0.2, -0.15) is 5.26 Å². The second kappa shape index (κ2) is 5.31. The number of halogens is 3. The maximum Gasteiger partial charge on any atom is 0.281 e. The molecule has 24 heavy (non-hydrogen) atoms. The molecule has 0 aliphatic heterocycles. The summed E-state index contributed by atoms with van der Waals surface area (Å²) in [5.41, 5.74) is -0.233. The van der Waals surface area contributed by atoms with Gasteiger partial charge in [-0.15, -0.1) is 11.3 Å². The van der Waals surface area contributed by atoms with Gasteiger partial charge in [-0.25, -0.2) is 21.6 Å². The summed E-state index contributed by atoms with van der Waals surface area (Å²) >= 11 is 0.697. The highest BCUT2D eigenvalue weighted by atomic mass is 32.2. The molecular formula is C15H10F3NO3S2. The Labute approximate surface area is 139 Å². The number of fused-ring (bicyclic) bond motifs is 1. The third-order valence-electron chi connectivity index (χ3n) is 3.73. The van der Waals surface area contributed by atoms with Crippen molar-refractivity contribution in [1.82, 2.24) is 0 Å². The Hall–Kier alpha value is -1.89. The molecule has 1 aromatic heterocycles. The predicted molar refractivity (Wildman–Crippen MR) is 81.1 cm³/mol. The number of hydrogen-bond acceptors (Lipinski definition) is 5. The van der Waals surface area contributed by atoms with Crippen LogP contribution in [0, 0.1) is 17.1 Å². The molecule has 0 radical (unpaired) electrons. The molecule has 126 valence electrons. The Balaban J connectivity index is 2.32. The van der Waals surface area contributed by atoms with Gasteiger partial charge in [0.05, 0.1) is 11.6 Å². The number of hydrogen-bond donors (Lipinski definition) is 1. The highest BCUT2D eigenvalue weighted by Gasteiger charge is 2.51. The van der Waals surface area contributed by atoms with Gasteiger partial charge in [0.2, 0.25) is 0 Å². The monoisotopic (exact) mass is 373 g/mol. The Morgan fingerprint density at radius 1 is 1.38 bits per heavy atom. The average molecular weight is 373 g/mol. The molecule has 0 unspecified atom stereocenters. The molecule has 3 rings (SSSR count). The van der Waals surface area contributed by atoms with Crippen LogP contribution in [-0.4, -0.2) is 25.7 Å². The van der Waals surface area contributed by atoms with Crippen molar-refractivity contribution in [3.8, 4) is 16.5 Å². The van der Waals surface area contributed by atoms with E-state index in [2.05, 4.69) is 0 Å². The number of aliphatic hydroxyl groups excluding tert-OH is 1. The van der Waals surface area contributed by atoms with E-state index >= 15 is 0 Å². The van der Waals surface area contributed by atoms with Gasteiger partial charge in [-0.1, -0.05) is 0 Å². The summed E-state index contributed by atoms with van der Waals surface area (Å²) in [4.78, 5) is 0.123. The molecule has 1 atom stereocenters. The largest absolute Gasteiger partial charge is 0.382 e. The lowest BCUT2D eigenvalue weighted by Crippen LogP contribution is -2.22. The number of nitrogens with zero attached hydrogens (tertiary/aromatic N) is 1. The van der Waals surface area contributed by atoms with Crippen LogP contribution in [-0.2, 0) is 16.3 Å². The average Bonchev–Trinajstić information content (AvgIpc) is 2.93. The molecule has 1 aliphatic rings. The van der Waals surface area contributed by atoms with Crippen molar-refractivity contribution in [2.75, 3.05) is 6.26 Å². The van der Waals surface area contributed by atoms with Crippen LogP contribution in [0.15, 0.2) is 22.4 Å². The van der Waals surface area contributed by atoms with E-state index in [1.54, 1.807) is 6.07 Å². The van der Waals surface area contributed by atoms with E-state index in [0.717, 1.165) is 18.4 Å². The molecule has 0 amide bonds. The van der Waals surface area contributed by atoms with Crippen LogP contribution >= 0.6 is 11.3 Å². The zero-order chi connectivity index (χ0) is 17.9. The Morgan fingerprint density at radius 2 is 2.04 bits per heavy atom. The second-order valence-corrected chi connectivity index (χ2v) is 8.80. The van der Waals surface area contributed by atoms with Crippen LogP contribution in [0.5, 0.6) is 0 Å². The lowest BCUT2D eigenvalue weighted by molar-refractivity contribution is -0.0975. The van der Waals surface area contributed by atoms with Gasteiger partial charge in [0.15, 0.2) is 9.84 Å². The van der Waals surface area contributed by atoms with Crippen LogP contribution in [0.2, 0.25) is 0 Å². The van der Waals surface area contributed by atoms with Crippen molar-refractivity contribution >= 4 is 21.2 Å². The standard InChI is InChI=1S/C15H10F3NO3S2/c1-24(21,22)14-11-10(5-15(17,18)13(11)20)12(23-14)8-2-7(6-19)3-9(16)4-8/h2-4,13,20H,5H2,1H3/t13-/m0/s1. The molecule has 0 fully saturated rings. The van der Waals surface area contributed by atoms with Crippen molar-refractivity contribution in [3.05, 3.63) is 40.7 Å². The van der Waals surface area contributed by atoms with Gasteiger partial charge >= 0.3 is 0 Å². The summed E-state index contributed by atoms with van der Waals surface area (Å²) in [5.74, 6) is -4.24. The lowest BCUT2D eigenvalue weighted by Gasteiger charge is -2.14. The SMILES string of the molecule is CS(=O)(=O)c1sc(-c2cc(F)cc(C#N)c2)c2c1[C@H](O)C(F)(F)C2. The van der Waals surface area contributed by atoms with E-state index in [-0.39, 0.29) is 31.3 Å². The van der Waals surface area contributed by atoms with Gasteiger partial charge in [0.1, 0.15) is 16.1 Å². The molecular weight excluding hydrogens is 363 g/mol. The lowest BCUT2D eigenvalue weighted by atomic mass is 10.0. The first kappa shape index (κ1) is 17.0. The third kappa shape index (κ3) is 2.60. The minimum absolute atomic E-state index is 0.0154. The highest BCUT2D eigenvalue weighted by molar-refractivity contribution is 7.92. The first-order chi connectivity index (χ1) is 11.0. The van der Waals surface area contributed by atoms with E-state index in [1.807, 2.05) is 0 Å². The Morgan fingerprint density at radius 3 is 2.62 bits per heavy atom. The maximum absolute atomic E-state index is 13.9. The van der Waals surface area contributed by atoms with E-state index in [4.69, 9.17) is 5.26 Å². The number of nitriles is 1. The number of benzene rings is 1. The third-order valence-corrected chi connectivity index (χ3v) is 6.87. The van der Waals surface area contributed by atoms with E-state index in [0.29, 0.717) is 11.3 Å². The fourth-order valence-corrected chi connectivity index (χ4v) is 5.31. The van der Waals surface area contributed by atoms with Gasteiger partial charge in [0, 0.05) is 23.1 Å². The zero-order valence-electron chi connectivity index (χ0n) is 12.2. The zero-order valence-corrected chi connectivity index (χ0v) is 13.8. The van der Waals surface area contributed by atoms with Crippen LogP contribution in [0.4, 0.5) is 13.2 Å². The summed E-state index contributed by atoms with van der Waals surface area (Å²) in [6.07, 6.45) is -2.21. The van der Waals surface area contributed by atoms with Crippen LogP contribution in [0.3, 0.4) is 0 Å². The summed E-state index contributed by atoms with van der Waals surface area (Å²) < 4.78 is 64.9. The summed E-state index contributed by atoms with van der Waals surface area (Å²) in [6, 6.07) is 5.08. The van der Waals surface area contributed by atoms with Gasteiger partial charge in [-0.05, 0) is 29.3 Å². The first-order valence-electron chi connectivity index (χ1n) is 6.67. The van der Waals surface area contributed by atoms with Crippen molar-refractivity contribution in [2.24, 2.45) is 0 Å². The van der Waals surface area contributed by atoms with Crippen molar-refractivity contribution in [2.45, 2.75) is 22.7 Å².